The Morgan fingerprint density at radius 3 is 2.18 bits per heavy atom. The van der Waals surface area contributed by atoms with Crippen LogP contribution in [0.15, 0.2) is 108 Å². The van der Waals surface area contributed by atoms with Gasteiger partial charge in [0.2, 0.25) is 5.91 Å². The van der Waals surface area contributed by atoms with Gasteiger partial charge in [-0.3, -0.25) is 14.4 Å². The van der Waals surface area contributed by atoms with Crippen LogP contribution in [-0.2, 0) is 9.59 Å². The monoisotopic (exact) mass is 623 g/mol. The molecule has 9 heteroatoms. The number of carbonyl (C=O) groups excluding carboxylic acids is 3. The van der Waals surface area contributed by atoms with E-state index in [2.05, 4.69) is 29.8 Å². The van der Waals surface area contributed by atoms with Crippen molar-refractivity contribution >= 4 is 46.9 Å². The summed E-state index contributed by atoms with van der Waals surface area (Å²) in [7, 11) is 3.09. The van der Waals surface area contributed by atoms with Crippen molar-refractivity contribution in [3.05, 3.63) is 119 Å². The van der Waals surface area contributed by atoms with Gasteiger partial charge in [-0.05, 0) is 72.5 Å². The molecular formula is C36H37N3O5S. The minimum atomic E-state index is -0.480. The normalized spacial score (nSPS) is 11.8. The fourth-order valence-corrected chi connectivity index (χ4v) is 5.25. The first-order valence-electron chi connectivity index (χ1n) is 14.5. The van der Waals surface area contributed by atoms with Crippen LogP contribution in [0.3, 0.4) is 0 Å². The third-order valence-electron chi connectivity index (χ3n) is 6.88. The van der Waals surface area contributed by atoms with Gasteiger partial charge in [0.05, 0.1) is 25.2 Å². The lowest BCUT2D eigenvalue weighted by molar-refractivity contribution is -0.115. The molecule has 0 bridgehead atoms. The lowest BCUT2D eigenvalue weighted by atomic mass is 10.0. The quantitative estimate of drug-likeness (QED) is 0.113. The van der Waals surface area contributed by atoms with Gasteiger partial charge in [0, 0.05) is 22.2 Å². The van der Waals surface area contributed by atoms with Crippen LogP contribution in [0.4, 0.5) is 11.4 Å². The number of rotatable bonds is 12. The smallest absolute Gasteiger partial charge is 0.272 e. The molecule has 8 nitrogen and oxygen atoms in total. The molecule has 4 aromatic carbocycles. The van der Waals surface area contributed by atoms with Crippen molar-refractivity contribution in [1.29, 1.82) is 0 Å². The second-order valence-electron chi connectivity index (χ2n) is 10.5. The first-order valence-corrected chi connectivity index (χ1v) is 15.3. The molecule has 1 unspecified atom stereocenters. The van der Waals surface area contributed by atoms with Crippen LogP contribution in [0.5, 0.6) is 11.5 Å². The van der Waals surface area contributed by atoms with Gasteiger partial charge in [-0.15, -0.1) is 11.8 Å². The molecule has 0 aliphatic carbocycles. The van der Waals surface area contributed by atoms with Gasteiger partial charge in [0.25, 0.3) is 11.8 Å². The van der Waals surface area contributed by atoms with Crippen LogP contribution in [0, 0.1) is 0 Å². The maximum absolute atomic E-state index is 13.5. The van der Waals surface area contributed by atoms with Crippen LogP contribution < -0.4 is 25.4 Å². The van der Waals surface area contributed by atoms with E-state index >= 15 is 0 Å². The lowest BCUT2D eigenvalue weighted by Gasteiger charge is -2.16. The van der Waals surface area contributed by atoms with E-state index < -0.39 is 17.1 Å². The zero-order valence-electron chi connectivity index (χ0n) is 25.9. The summed E-state index contributed by atoms with van der Waals surface area (Å²) < 4.78 is 10.6. The molecule has 0 radical (unpaired) electrons. The second kappa shape index (κ2) is 15.6. The molecule has 0 spiro atoms. The Bertz CT molecular complexity index is 1670. The zero-order valence-corrected chi connectivity index (χ0v) is 26.7. The molecule has 3 N–H and O–H groups in total. The maximum atomic E-state index is 13.5. The predicted molar refractivity (Wildman–Crippen MR) is 181 cm³/mol. The predicted octanol–water partition coefficient (Wildman–Crippen LogP) is 7.36. The van der Waals surface area contributed by atoms with E-state index in [1.807, 2.05) is 36.4 Å². The van der Waals surface area contributed by atoms with Gasteiger partial charge in [-0.1, -0.05) is 62.4 Å². The van der Waals surface area contributed by atoms with E-state index in [0.29, 0.717) is 34.4 Å². The van der Waals surface area contributed by atoms with Crippen LogP contribution in [0.2, 0.25) is 0 Å². The fraction of sp³-hybridized carbons (Fsp3) is 0.194. The highest BCUT2D eigenvalue weighted by Crippen LogP contribution is 2.31. The summed E-state index contributed by atoms with van der Waals surface area (Å²) in [6.07, 6.45) is 1.65. The highest BCUT2D eigenvalue weighted by Gasteiger charge is 2.19. The molecule has 0 fully saturated rings. The Hall–Kier alpha value is -5.02. The number of nitrogens with one attached hydrogen (secondary N) is 3. The fourth-order valence-electron chi connectivity index (χ4n) is 4.33. The third-order valence-corrected chi connectivity index (χ3v) is 7.98. The number of amides is 3. The van der Waals surface area contributed by atoms with Crippen molar-refractivity contribution < 1.29 is 23.9 Å². The van der Waals surface area contributed by atoms with E-state index in [-0.39, 0.29) is 11.6 Å². The zero-order chi connectivity index (χ0) is 32.3. The Labute approximate surface area is 268 Å². The van der Waals surface area contributed by atoms with Gasteiger partial charge < -0.3 is 25.4 Å². The SMILES string of the molecule is COc1ccc(NC(=O)C(C)Sc2cccc(NC(=O)/C(=C\c3ccc(C(C)C)cc3)NC(=O)c3ccccc3)c2)c(OC)c1. The Balaban J connectivity index is 1.48. The summed E-state index contributed by atoms with van der Waals surface area (Å²) >= 11 is 1.34. The van der Waals surface area contributed by atoms with Crippen molar-refractivity contribution in [2.75, 3.05) is 24.9 Å². The lowest BCUT2D eigenvalue weighted by Crippen LogP contribution is -2.30. The highest BCUT2D eigenvalue weighted by atomic mass is 32.2. The summed E-state index contributed by atoms with van der Waals surface area (Å²) in [6, 6.07) is 28.9. The average molecular weight is 624 g/mol. The Morgan fingerprint density at radius 2 is 1.51 bits per heavy atom. The number of hydrogen-bond donors (Lipinski definition) is 3. The number of ether oxygens (including phenoxy) is 2. The van der Waals surface area contributed by atoms with E-state index in [1.54, 1.807) is 80.8 Å². The van der Waals surface area contributed by atoms with Crippen LogP contribution in [-0.4, -0.2) is 37.2 Å². The minimum absolute atomic E-state index is 0.0976. The Morgan fingerprint density at radius 1 is 0.778 bits per heavy atom. The molecule has 45 heavy (non-hydrogen) atoms. The summed E-state index contributed by atoms with van der Waals surface area (Å²) in [5.41, 5.74) is 3.53. The summed E-state index contributed by atoms with van der Waals surface area (Å²) in [4.78, 5) is 40.3. The van der Waals surface area contributed by atoms with Crippen LogP contribution in [0.1, 0.15) is 48.2 Å². The minimum Gasteiger partial charge on any atom is -0.497 e. The first-order chi connectivity index (χ1) is 21.7. The van der Waals surface area contributed by atoms with Crippen molar-refractivity contribution in [2.45, 2.75) is 36.8 Å². The Kier molecular flexibility index (Phi) is 11.4. The molecule has 4 aromatic rings. The molecular weight excluding hydrogens is 586 g/mol. The van der Waals surface area contributed by atoms with Gasteiger partial charge >= 0.3 is 0 Å². The van der Waals surface area contributed by atoms with Gasteiger partial charge in [-0.25, -0.2) is 0 Å². The molecule has 1 atom stereocenters. The van der Waals surface area contributed by atoms with Crippen molar-refractivity contribution in [1.82, 2.24) is 5.32 Å². The number of hydrogen-bond acceptors (Lipinski definition) is 6. The van der Waals surface area contributed by atoms with Crippen LogP contribution >= 0.6 is 11.8 Å². The topological polar surface area (TPSA) is 106 Å². The molecule has 3 amide bonds. The van der Waals surface area contributed by atoms with Gasteiger partial charge in [0.15, 0.2) is 0 Å². The number of methoxy groups -OCH3 is 2. The molecule has 0 aromatic heterocycles. The summed E-state index contributed by atoms with van der Waals surface area (Å²) in [5.74, 6) is 0.389. The highest BCUT2D eigenvalue weighted by molar-refractivity contribution is 8.00. The van der Waals surface area contributed by atoms with Crippen molar-refractivity contribution in [2.24, 2.45) is 0 Å². The number of thioether (sulfide) groups is 1. The number of benzene rings is 4. The van der Waals surface area contributed by atoms with E-state index in [4.69, 9.17) is 9.47 Å². The number of carbonyl (C=O) groups is 3. The summed E-state index contributed by atoms with van der Waals surface area (Å²) in [5, 5.41) is 8.11. The molecule has 0 aliphatic rings. The second-order valence-corrected chi connectivity index (χ2v) is 11.9. The molecule has 0 aliphatic heterocycles. The van der Waals surface area contributed by atoms with Crippen molar-refractivity contribution in [3.63, 3.8) is 0 Å². The largest absolute Gasteiger partial charge is 0.497 e. The van der Waals surface area contributed by atoms with Gasteiger partial charge in [0.1, 0.15) is 17.2 Å². The van der Waals surface area contributed by atoms with E-state index in [0.717, 1.165) is 10.5 Å². The average Bonchev–Trinajstić information content (AvgIpc) is 3.05. The standard InChI is InChI=1S/C36H37N3O5S/c1-23(2)26-16-14-25(15-17-26)20-32(39-35(41)27-10-7-6-8-11-27)36(42)37-28-12-9-13-30(21-28)45-24(3)34(40)38-31-19-18-29(43-4)22-33(31)44-5/h6-24H,1-5H3,(H,37,42)(H,38,40)(H,39,41)/b32-20+. The van der Waals surface area contributed by atoms with Crippen LogP contribution in [0.25, 0.3) is 6.08 Å². The van der Waals surface area contributed by atoms with Gasteiger partial charge in [-0.2, -0.15) is 0 Å². The molecule has 0 saturated heterocycles. The van der Waals surface area contributed by atoms with E-state index in [9.17, 15) is 14.4 Å². The molecule has 0 heterocycles. The van der Waals surface area contributed by atoms with Crippen molar-refractivity contribution in [3.8, 4) is 11.5 Å². The molecule has 232 valence electrons. The first kappa shape index (κ1) is 32.9. The molecule has 0 saturated carbocycles. The number of anilines is 2. The maximum Gasteiger partial charge on any atom is 0.272 e. The molecule has 4 rings (SSSR count). The summed E-state index contributed by atoms with van der Waals surface area (Å²) in [6.45, 7) is 6.02. The third kappa shape index (κ3) is 9.23. The van der Waals surface area contributed by atoms with E-state index in [1.165, 1.54) is 24.4 Å².